The Morgan fingerprint density at radius 1 is 1.10 bits per heavy atom. The maximum atomic E-state index is 12.4. The predicted molar refractivity (Wildman–Crippen MR) is 102 cm³/mol. The molecule has 0 radical (unpaired) electrons. The normalized spacial score (nSPS) is 13.3. The van der Waals surface area contributed by atoms with Gasteiger partial charge in [-0.25, -0.2) is 4.99 Å². The Bertz CT molecular complexity index is 856. The lowest BCUT2D eigenvalue weighted by atomic mass is 10.2. The van der Waals surface area contributed by atoms with Crippen molar-refractivity contribution in [2.75, 3.05) is 19.9 Å². The van der Waals surface area contributed by atoms with Gasteiger partial charge >= 0.3 is 6.18 Å². The van der Waals surface area contributed by atoms with E-state index < -0.39 is 12.8 Å². The van der Waals surface area contributed by atoms with E-state index in [4.69, 9.17) is 14.2 Å². The number of ether oxygens (including phenoxy) is 3. The lowest BCUT2D eigenvalue weighted by Crippen LogP contribution is -2.37. The van der Waals surface area contributed by atoms with E-state index in [1.165, 1.54) is 6.07 Å². The first-order chi connectivity index (χ1) is 13.9. The molecule has 0 atom stereocenters. The van der Waals surface area contributed by atoms with Crippen molar-refractivity contribution in [2.24, 2.45) is 4.99 Å². The van der Waals surface area contributed by atoms with Crippen LogP contribution in [0.15, 0.2) is 47.5 Å². The summed E-state index contributed by atoms with van der Waals surface area (Å²) in [5.41, 5.74) is 1.55. The number of benzene rings is 2. The van der Waals surface area contributed by atoms with Crippen molar-refractivity contribution in [3.05, 3.63) is 53.6 Å². The molecule has 1 aliphatic heterocycles. The molecule has 0 aromatic heterocycles. The fraction of sp³-hybridized carbons (Fsp3) is 0.350. The maximum Gasteiger partial charge on any atom is 0.422 e. The van der Waals surface area contributed by atoms with Gasteiger partial charge in [0.05, 0.1) is 6.54 Å². The predicted octanol–water partition coefficient (Wildman–Crippen LogP) is 3.61. The Morgan fingerprint density at radius 3 is 2.69 bits per heavy atom. The zero-order valence-corrected chi connectivity index (χ0v) is 15.9. The Morgan fingerprint density at radius 2 is 1.90 bits per heavy atom. The van der Waals surface area contributed by atoms with Crippen molar-refractivity contribution in [2.45, 2.75) is 26.2 Å². The van der Waals surface area contributed by atoms with Gasteiger partial charge in [-0.2, -0.15) is 13.2 Å². The molecule has 3 rings (SSSR count). The molecule has 2 aromatic carbocycles. The zero-order chi connectivity index (χ0) is 20.7. The van der Waals surface area contributed by atoms with Crippen LogP contribution in [0.4, 0.5) is 13.2 Å². The summed E-state index contributed by atoms with van der Waals surface area (Å²) in [6, 6.07) is 12.2. The van der Waals surface area contributed by atoms with Crippen molar-refractivity contribution in [3.63, 3.8) is 0 Å². The molecule has 0 fully saturated rings. The SMILES string of the molecule is CCNC(=NCc1ccc2c(c1)OCO2)NCc1ccccc1OCC(F)(F)F. The molecule has 1 aliphatic rings. The number of nitrogens with zero attached hydrogens (tertiary/aromatic N) is 1. The summed E-state index contributed by atoms with van der Waals surface area (Å²) in [5.74, 6) is 2.12. The van der Waals surface area contributed by atoms with Gasteiger partial charge in [0.2, 0.25) is 6.79 Å². The lowest BCUT2D eigenvalue weighted by Gasteiger charge is -2.15. The van der Waals surface area contributed by atoms with Crippen LogP contribution < -0.4 is 24.8 Å². The first-order valence-electron chi connectivity index (χ1n) is 9.13. The van der Waals surface area contributed by atoms with Crippen LogP contribution in [-0.2, 0) is 13.1 Å². The van der Waals surface area contributed by atoms with E-state index in [-0.39, 0.29) is 19.1 Å². The molecule has 0 bridgehead atoms. The van der Waals surface area contributed by atoms with Gasteiger partial charge in [-0.1, -0.05) is 24.3 Å². The third-order valence-electron chi connectivity index (χ3n) is 4.01. The number of guanidine groups is 1. The fourth-order valence-corrected chi connectivity index (χ4v) is 2.68. The molecule has 0 saturated carbocycles. The number of aliphatic imine (C=N–C) groups is 1. The van der Waals surface area contributed by atoms with Gasteiger partial charge in [0.25, 0.3) is 0 Å². The van der Waals surface area contributed by atoms with Crippen LogP contribution >= 0.6 is 0 Å². The largest absolute Gasteiger partial charge is 0.484 e. The summed E-state index contributed by atoms with van der Waals surface area (Å²) in [6.45, 7) is 2.11. The Hall–Kier alpha value is -3.10. The van der Waals surface area contributed by atoms with Crippen molar-refractivity contribution in [3.8, 4) is 17.2 Å². The molecule has 6 nitrogen and oxygen atoms in total. The molecular weight excluding hydrogens is 387 g/mol. The Kier molecular flexibility index (Phi) is 6.69. The quantitative estimate of drug-likeness (QED) is 0.540. The third kappa shape index (κ3) is 6.20. The van der Waals surface area contributed by atoms with Gasteiger partial charge < -0.3 is 24.8 Å². The third-order valence-corrected chi connectivity index (χ3v) is 4.01. The number of nitrogens with one attached hydrogen (secondary N) is 2. The highest BCUT2D eigenvalue weighted by atomic mass is 19.4. The lowest BCUT2D eigenvalue weighted by molar-refractivity contribution is -0.153. The topological polar surface area (TPSA) is 64.1 Å². The van der Waals surface area contributed by atoms with Crippen molar-refractivity contribution in [1.82, 2.24) is 10.6 Å². The van der Waals surface area contributed by atoms with Gasteiger partial charge in [-0.3, -0.25) is 0 Å². The van der Waals surface area contributed by atoms with Gasteiger partial charge in [0.1, 0.15) is 5.75 Å². The molecule has 2 N–H and O–H groups in total. The average Bonchev–Trinajstić information content (AvgIpc) is 3.16. The van der Waals surface area contributed by atoms with E-state index in [1.807, 2.05) is 25.1 Å². The summed E-state index contributed by atoms with van der Waals surface area (Å²) in [5, 5.41) is 6.23. The number of hydrogen-bond donors (Lipinski definition) is 2. The smallest absolute Gasteiger partial charge is 0.422 e. The second kappa shape index (κ2) is 9.40. The molecule has 1 heterocycles. The molecule has 29 heavy (non-hydrogen) atoms. The summed E-state index contributed by atoms with van der Waals surface area (Å²) in [4.78, 5) is 4.52. The molecule has 0 amide bonds. The van der Waals surface area contributed by atoms with Crippen LogP contribution in [0.2, 0.25) is 0 Å². The molecule has 9 heteroatoms. The fourth-order valence-electron chi connectivity index (χ4n) is 2.68. The number of para-hydroxylation sites is 1. The van der Waals surface area contributed by atoms with E-state index in [0.717, 1.165) is 5.56 Å². The van der Waals surface area contributed by atoms with Crippen molar-refractivity contribution >= 4 is 5.96 Å². The van der Waals surface area contributed by atoms with Gasteiger partial charge in [-0.15, -0.1) is 0 Å². The molecular formula is C20H22F3N3O3. The summed E-state index contributed by atoms with van der Waals surface area (Å²) < 4.78 is 52.9. The summed E-state index contributed by atoms with van der Waals surface area (Å²) in [6.07, 6.45) is -4.39. The van der Waals surface area contributed by atoms with Crippen LogP contribution in [0.25, 0.3) is 0 Å². The van der Waals surface area contributed by atoms with E-state index in [0.29, 0.717) is 36.1 Å². The Labute approximate surface area is 166 Å². The highest BCUT2D eigenvalue weighted by Crippen LogP contribution is 2.32. The number of fused-ring (bicyclic) bond motifs is 1. The number of rotatable bonds is 7. The zero-order valence-electron chi connectivity index (χ0n) is 15.9. The first-order valence-corrected chi connectivity index (χ1v) is 9.13. The molecule has 0 aliphatic carbocycles. The molecule has 0 unspecified atom stereocenters. The van der Waals surface area contributed by atoms with E-state index in [1.54, 1.807) is 18.2 Å². The maximum absolute atomic E-state index is 12.4. The molecule has 0 spiro atoms. The second-order valence-electron chi connectivity index (χ2n) is 6.25. The monoisotopic (exact) mass is 409 g/mol. The minimum absolute atomic E-state index is 0.184. The van der Waals surface area contributed by atoms with Crippen LogP contribution in [0.3, 0.4) is 0 Å². The van der Waals surface area contributed by atoms with Crippen LogP contribution in [0, 0.1) is 0 Å². The molecule has 156 valence electrons. The number of hydrogen-bond acceptors (Lipinski definition) is 4. The first kappa shape index (κ1) is 20.6. The molecule has 0 saturated heterocycles. The van der Waals surface area contributed by atoms with Crippen molar-refractivity contribution in [1.29, 1.82) is 0 Å². The van der Waals surface area contributed by atoms with E-state index in [2.05, 4.69) is 15.6 Å². The van der Waals surface area contributed by atoms with Gasteiger partial charge in [0, 0.05) is 18.7 Å². The van der Waals surface area contributed by atoms with Crippen LogP contribution in [-0.4, -0.2) is 32.1 Å². The standard InChI is InChI=1S/C20H22F3N3O3/c1-2-24-19(25-10-14-7-8-17-18(9-14)29-13-28-17)26-11-15-5-3-4-6-16(15)27-12-20(21,22)23/h3-9H,2,10-13H2,1H3,(H2,24,25,26). The Balaban J connectivity index is 1.63. The van der Waals surface area contributed by atoms with Crippen LogP contribution in [0.5, 0.6) is 17.2 Å². The van der Waals surface area contributed by atoms with Gasteiger partial charge in [-0.05, 0) is 30.7 Å². The average molecular weight is 409 g/mol. The summed E-state index contributed by atoms with van der Waals surface area (Å²) >= 11 is 0. The molecule has 2 aromatic rings. The van der Waals surface area contributed by atoms with Crippen LogP contribution in [0.1, 0.15) is 18.1 Å². The highest BCUT2D eigenvalue weighted by molar-refractivity contribution is 5.79. The number of alkyl halides is 3. The second-order valence-corrected chi connectivity index (χ2v) is 6.25. The van der Waals surface area contributed by atoms with Gasteiger partial charge in [0.15, 0.2) is 24.1 Å². The highest BCUT2D eigenvalue weighted by Gasteiger charge is 2.28. The van der Waals surface area contributed by atoms with Crippen molar-refractivity contribution < 1.29 is 27.4 Å². The minimum atomic E-state index is -4.39. The van der Waals surface area contributed by atoms with E-state index in [9.17, 15) is 13.2 Å². The number of halogens is 3. The van der Waals surface area contributed by atoms with E-state index >= 15 is 0 Å². The summed E-state index contributed by atoms with van der Waals surface area (Å²) in [7, 11) is 0. The minimum Gasteiger partial charge on any atom is -0.484 e.